The van der Waals surface area contributed by atoms with Crippen LogP contribution in [0.2, 0.25) is 0 Å². The molecule has 0 aromatic heterocycles. The topological polar surface area (TPSA) is 72.5 Å². The molecular formula is C10H14ClNO3. The number of aromatic carboxylic acids is 1. The zero-order valence-electron chi connectivity index (χ0n) is 8.18. The Balaban J connectivity index is 0.00000196. The van der Waals surface area contributed by atoms with Crippen LogP contribution in [-0.2, 0) is 0 Å². The summed E-state index contributed by atoms with van der Waals surface area (Å²) >= 11 is 0. The Kier molecular flexibility index (Phi) is 6.49. The highest BCUT2D eigenvalue weighted by atomic mass is 35.5. The van der Waals surface area contributed by atoms with E-state index in [1.54, 1.807) is 12.1 Å². The first kappa shape index (κ1) is 13.7. The van der Waals surface area contributed by atoms with Gasteiger partial charge in [0.25, 0.3) is 0 Å². The van der Waals surface area contributed by atoms with Gasteiger partial charge in [0.15, 0.2) is 0 Å². The lowest BCUT2D eigenvalue weighted by atomic mass is 10.2. The summed E-state index contributed by atoms with van der Waals surface area (Å²) < 4.78 is 5.29. The lowest BCUT2D eigenvalue weighted by Gasteiger charge is -2.05. The molecule has 0 atom stereocenters. The second kappa shape index (κ2) is 7.09. The molecule has 0 heterocycles. The molecule has 1 rings (SSSR count). The number of carboxylic acid groups (broad SMARTS) is 1. The van der Waals surface area contributed by atoms with E-state index in [4.69, 9.17) is 15.6 Å². The summed E-state index contributed by atoms with van der Waals surface area (Å²) in [6, 6.07) is 6.40. The normalized spacial score (nSPS) is 9.13. The summed E-state index contributed by atoms with van der Waals surface area (Å²) in [5.41, 5.74) is 5.53. The van der Waals surface area contributed by atoms with E-state index in [9.17, 15) is 4.79 Å². The molecule has 4 nitrogen and oxygen atoms in total. The van der Waals surface area contributed by atoms with Crippen molar-refractivity contribution in [1.29, 1.82) is 0 Å². The van der Waals surface area contributed by atoms with Crippen molar-refractivity contribution in [2.24, 2.45) is 5.73 Å². The molecule has 0 aliphatic carbocycles. The van der Waals surface area contributed by atoms with E-state index < -0.39 is 5.97 Å². The van der Waals surface area contributed by atoms with Crippen LogP contribution in [-0.4, -0.2) is 24.2 Å². The Morgan fingerprint density at radius 3 is 2.80 bits per heavy atom. The van der Waals surface area contributed by atoms with Crippen molar-refractivity contribution in [2.45, 2.75) is 6.42 Å². The van der Waals surface area contributed by atoms with Crippen LogP contribution < -0.4 is 10.5 Å². The number of carboxylic acids is 1. The van der Waals surface area contributed by atoms with Crippen molar-refractivity contribution in [3.8, 4) is 5.75 Å². The highest BCUT2D eigenvalue weighted by Gasteiger charge is 2.02. The summed E-state index contributed by atoms with van der Waals surface area (Å²) in [4.78, 5) is 10.6. The van der Waals surface area contributed by atoms with E-state index >= 15 is 0 Å². The summed E-state index contributed by atoms with van der Waals surface area (Å²) in [5.74, 6) is -0.382. The highest BCUT2D eigenvalue weighted by Crippen LogP contribution is 2.13. The number of carbonyl (C=O) groups is 1. The number of halogens is 1. The number of hydrogen-bond donors (Lipinski definition) is 2. The van der Waals surface area contributed by atoms with E-state index in [2.05, 4.69) is 0 Å². The molecule has 0 aliphatic rings. The van der Waals surface area contributed by atoms with E-state index in [0.717, 1.165) is 6.42 Å². The smallest absolute Gasteiger partial charge is 0.335 e. The number of hydrogen-bond acceptors (Lipinski definition) is 3. The maximum Gasteiger partial charge on any atom is 0.335 e. The molecule has 0 saturated heterocycles. The fourth-order valence-electron chi connectivity index (χ4n) is 0.992. The number of benzene rings is 1. The summed E-state index contributed by atoms with van der Waals surface area (Å²) in [5, 5.41) is 8.71. The largest absolute Gasteiger partial charge is 0.494 e. The SMILES string of the molecule is Cl.NCCCOc1cccc(C(=O)O)c1. The van der Waals surface area contributed by atoms with Gasteiger partial charge in [-0.1, -0.05) is 6.07 Å². The van der Waals surface area contributed by atoms with E-state index in [-0.39, 0.29) is 18.0 Å². The number of ether oxygens (including phenoxy) is 1. The van der Waals surface area contributed by atoms with Gasteiger partial charge in [-0.15, -0.1) is 12.4 Å². The summed E-state index contributed by atoms with van der Waals surface area (Å²) in [6.45, 7) is 1.08. The average Bonchev–Trinajstić information content (AvgIpc) is 2.19. The quantitative estimate of drug-likeness (QED) is 0.754. The third-order valence-electron chi connectivity index (χ3n) is 1.70. The van der Waals surface area contributed by atoms with Crippen LogP contribution in [0, 0.1) is 0 Å². The Bertz CT molecular complexity index is 317. The van der Waals surface area contributed by atoms with Crippen molar-refractivity contribution in [3.63, 3.8) is 0 Å². The molecule has 0 aliphatic heterocycles. The Morgan fingerprint density at radius 1 is 1.47 bits per heavy atom. The van der Waals surface area contributed by atoms with Crippen LogP contribution in [0.5, 0.6) is 5.75 Å². The van der Waals surface area contributed by atoms with E-state index in [1.807, 2.05) is 0 Å². The summed E-state index contributed by atoms with van der Waals surface area (Å²) in [6.07, 6.45) is 0.761. The average molecular weight is 232 g/mol. The molecule has 0 fully saturated rings. The van der Waals surface area contributed by atoms with Gasteiger partial charge in [0.1, 0.15) is 5.75 Å². The van der Waals surface area contributed by atoms with Gasteiger partial charge in [0, 0.05) is 0 Å². The van der Waals surface area contributed by atoms with Gasteiger partial charge in [-0.05, 0) is 31.2 Å². The number of nitrogens with two attached hydrogens (primary N) is 1. The van der Waals surface area contributed by atoms with Crippen molar-refractivity contribution in [3.05, 3.63) is 29.8 Å². The molecule has 5 heteroatoms. The fourth-order valence-corrected chi connectivity index (χ4v) is 0.992. The number of rotatable bonds is 5. The molecule has 1 aromatic rings. The van der Waals surface area contributed by atoms with Crippen LogP contribution in [0.4, 0.5) is 0 Å². The first-order chi connectivity index (χ1) is 6.74. The molecule has 15 heavy (non-hydrogen) atoms. The Labute approximate surface area is 94.5 Å². The van der Waals surface area contributed by atoms with Crippen LogP contribution >= 0.6 is 12.4 Å². The van der Waals surface area contributed by atoms with Gasteiger partial charge < -0.3 is 15.6 Å². The molecule has 3 N–H and O–H groups in total. The Hall–Kier alpha value is -1.26. The molecule has 1 aromatic carbocycles. The van der Waals surface area contributed by atoms with Crippen LogP contribution in [0.15, 0.2) is 24.3 Å². The monoisotopic (exact) mass is 231 g/mol. The second-order valence-electron chi connectivity index (χ2n) is 2.82. The lowest BCUT2D eigenvalue weighted by molar-refractivity contribution is 0.0696. The van der Waals surface area contributed by atoms with Crippen molar-refractivity contribution in [1.82, 2.24) is 0 Å². The summed E-state index contributed by atoms with van der Waals surface area (Å²) in [7, 11) is 0. The molecule has 0 saturated carbocycles. The fraction of sp³-hybridized carbons (Fsp3) is 0.300. The predicted molar refractivity (Wildman–Crippen MR) is 59.8 cm³/mol. The van der Waals surface area contributed by atoms with Crippen LogP contribution in [0.3, 0.4) is 0 Å². The maximum atomic E-state index is 10.6. The van der Waals surface area contributed by atoms with Gasteiger partial charge in [0.2, 0.25) is 0 Å². The lowest BCUT2D eigenvalue weighted by Crippen LogP contribution is -2.06. The molecule has 0 amide bonds. The third kappa shape index (κ3) is 4.67. The zero-order chi connectivity index (χ0) is 10.4. The van der Waals surface area contributed by atoms with Crippen molar-refractivity contribution >= 4 is 18.4 Å². The molecule has 0 radical (unpaired) electrons. The Morgan fingerprint density at radius 2 is 2.20 bits per heavy atom. The van der Waals surface area contributed by atoms with Gasteiger partial charge in [-0.3, -0.25) is 0 Å². The molecule has 0 bridgehead atoms. The molecule has 0 spiro atoms. The zero-order valence-corrected chi connectivity index (χ0v) is 9.00. The van der Waals surface area contributed by atoms with Crippen molar-refractivity contribution < 1.29 is 14.6 Å². The molecule has 84 valence electrons. The third-order valence-corrected chi connectivity index (χ3v) is 1.70. The minimum absolute atomic E-state index is 0. The molecule has 0 unspecified atom stereocenters. The first-order valence-corrected chi connectivity index (χ1v) is 4.40. The van der Waals surface area contributed by atoms with Crippen LogP contribution in [0.25, 0.3) is 0 Å². The van der Waals surface area contributed by atoms with Gasteiger partial charge >= 0.3 is 5.97 Å². The minimum atomic E-state index is -0.950. The van der Waals surface area contributed by atoms with Gasteiger partial charge in [0.05, 0.1) is 12.2 Å². The van der Waals surface area contributed by atoms with Crippen LogP contribution in [0.1, 0.15) is 16.8 Å². The second-order valence-corrected chi connectivity index (χ2v) is 2.82. The van der Waals surface area contributed by atoms with Gasteiger partial charge in [-0.25, -0.2) is 4.79 Å². The standard InChI is InChI=1S/C10H13NO3.ClH/c11-5-2-6-14-9-4-1-3-8(7-9)10(12)13;/h1,3-4,7H,2,5-6,11H2,(H,12,13);1H. The first-order valence-electron chi connectivity index (χ1n) is 4.40. The highest BCUT2D eigenvalue weighted by molar-refractivity contribution is 5.88. The van der Waals surface area contributed by atoms with Gasteiger partial charge in [-0.2, -0.15) is 0 Å². The van der Waals surface area contributed by atoms with E-state index in [0.29, 0.717) is 18.9 Å². The van der Waals surface area contributed by atoms with Crippen molar-refractivity contribution in [2.75, 3.05) is 13.2 Å². The molecular weight excluding hydrogens is 218 g/mol. The van der Waals surface area contributed by atoms with E-state index in [1.165, 1.54) is 12.1 Å². The predicted octanol–water partition coefficient (Wildman–Crippen LogP) is 1.53. The maximum absolute atomic E-state index is 10.6. The minimum Gasteiger partial charge on any atom is -0.494 e.